The minimum Gasteiger partial charge on any atom is -0.462 e. The van der Waals surface area contributed by atoms with Crippen LogP contribution in [-0.2, 0) is 16.1 Å². The summed E-state index contributed by atoms with van der Waals surface area (Å²) < 4.78 is 9.16. The maximum atomic E-state index is 11.9. The Balaban J connectivity index is 1.77. The van der Waals surface area contributed by atoms with Crippen LogP contribution in [0.5, 0.6) is 0 Å². The van der Waals surface area contributed by atoms with Crippen molar-refractivity contribution in [3.05, 3.63) is 84.4 Å². The lowest BCUT2D eigenvalue weighted by molar-refractivity contribution is -0.138. The fourth-order valence-electron chi connectivity index (χ4n) is 3.72. The highest BCUT2D eigenvalue weighted by atomic mass is 16.5. The number of para-hydroxylation sites is 1. The summed E-state index contributed by atoms with van der Waals surface area (Å²) in [6, 6.07) is 10.4. The number of aromatic nitrogens is 5. The van der Waals surface area contributed by atoms with E-state index in [2.05, 4.69) is 39.3 Å². The van der Waals surface area contributed by atoms with Crippen LogP contribution < -0.4 is 0 Å². The summed E-state index contributed by atoms with van der Waals surface area (Å²) in [6.07, 6.45) is 8.60. The molecule has 0 aliphatic rings. The van der Waals surface area contributed by atoms with E-state index in [0.29, 0.717) is 13.2 Å². The molecule has 0 aliphatic heterocycles. The van der Waals surface area contributed by atoms with Gasteiger partial charge in [-0.15, -0.1) is 0 Å². The smallest absolute Gasteiger partial charge is 0.337 e. The summed E-state index contributed by atoms with van der Waals surface area (Å²) in [5.74, 6) is 0.380. The predicted octanol–water partition coefficient (Wildman–Crippen LogP) is 4.55. The lowest BCUT2D eigenvalue weighted by Crippen LogP contribution is -2.05. The lowest BCUT2D eigenvalue weighted by Gasteiger charge is -2.10. The fraction of sp³-hybridized carbons (Fsp3) is 0.200. The van der Waals surface area contributed by atoms with Gasteiger partial charge in [0.2, 0.25) is 0 Å². The van der Waals surface area contributed by atoms with Crippen LogP contribution >= 0.6 is 0 Å². The SMILES string of the molecule is C=C(/C=C\n1c(C)nc(-c2cc3ccccc3n2Cc2cnccn2)c1C)C(=O)OCC. The number of carbonyl (C=O) groups is 1. The van der Waals surface area contributed by atoms with E-state index in [0.717, 1.165) is 39.5 Å². The van der Waals surface area contributed by atoms with E-state index in [1.54, 1.807) is 37.8 Å². The molecule has 3 heterocycles. The molecule has 4 rings (SSSR count). The number of carbonyl (C=O) groups excluding carboxylic acids is 1. The second-order valence-corrected chi connectivity index (χ2v) is 7.40. The Kier molecular flexibility index (Phi) is 5.98. The number of benzene rings is 1. The van der Waals surface area contributed by atoms with E-state index >= 15 is 0 Å². The first kappa shape index (κ1) is 21.2. The molecule has 3 aromatic heterocycles. The van der Waals surface area contributed by atoms with Gasteiger partial charge in [0.25, 0.3) is 0 Å². The lowest BCUT2D eigenvalue weighted by atomic mass is 10.2. The monoisotopic (exact) mass is 427 g/mol. The van der Waals surface area contributed by atoms with Crippen molar-refractivity contribution >= 4 is 23.1 Å². The maximum absolute atomic E-state index is 11.9. The van der Waals surface area contributed by atoms with Gasteiger partial charge in [0, 0.05) is 35.2 Å². The van der Waals surface area contributed by atoms with Crippen LogP contribution in [-0.4, -0.2) is 36.7 Å². The first-order valence-electron chi connectivity index (χ1n) is 10.4. The van der Waals surface area contributed by atoms with Gasteiger partial charge in [-0.3, -0.25) is 9.97 Å². The molecule has 7 nitrogen and oxygen atoms in total. The van der Waals surface area contributed by atoms with Crippen molar-refractivity contribution in [2.45, 2.75) is 27.3 Å². The number of imidazole rings is 1. The molecule has 0 amide bonds. The van der Waals surface area contributed by atoms with Crippen LogP contribution in [0, 0.1) is 13.8 Å². The molecule has 7 heteroatoms. The van der Waals surface area contributed by atoms with E-state index in [1.807, 2.05) is 30.5 Å². The molecule has 0 fully saturated rings. The van der Waals surface area contributed by atoms with E-state index in [9.17, 15) is 4.79 Å². The topological polar surface area (TPSA) is 74.8 Å². The zero-order valence-electron chi connectivity index (χ0n) is 18.4. The Hall–Kier alpha value is -4.00. The van der Waals surface area contributed by atoms with Gasteiger partial charge in [-0.25, -0.2) is 9.78 Å². The Labute approximate surface area is 186 Å². The number of aryl methyl sites for hydroxylation is 1. The first-order valence-corrected chi connectivity index (χ1v) is 10.4. The summed E-state index contributed by atoms with van der Waals surface area (Å²) in [6.45, 7) is 10.4. The van der Waals surface area contributed by atoms with Gasteiger partial charge in [-0.05, 0) is 39.0 Å². The van der Waals surface area contributed by atoms with E-state index < -0.39 is 5.97 Å². The second kappa shape index (κ2) is 9.01. The normalized spacial score (nSPS) is 11.3. The average Bonchev–Trinajstić information content (AvgIpc) is 3.29. The van der Waals surface area contributed by atoms with Gasteiger partial charge in [-0.2, -0.15) is 0 Å². The van der Waals surface area contributed by atoms with Crippen LogP contribution in [0.3, 0.4) is 0 Å². The zero-order chi connectivity index (χ0) is 22.7. The minimum absolute atomic E-state index is 0.290. The Bertz CT molecular complexity index is 1320. The molecule has 0 aliphatic carbocycles. The average molecular weight is 428 g/mol. The van der Waals surface area contributed by atoms with Crippen LogP contribution in [0.4, 0.5) is 0 Å². The molecular formula is C25H25N5O2. The predicted molar refractivity (Wildman–Crippen MR) is 125 cm³/mol. The number of rotatable bonds is 7. The summed E-state index contributed by atoms with van der Waals surface area (Å²) >= 11 is 0. The van der Waals surface area contributed by atoms with Crippen LogP contribution in [0.1, 0.15) is 24.1 Å². The van der Waals surface area contributed by atoms with Crippen molar-refractivity contribution in [3.63, 3.8) is 0 Å². The van der Waals surface area contributed by atoms with Crippen molar-refractivity contribution in [2.75, 3.05) is 6.61 Å². The maximum Gasteiger partial charge on any atom is 0.337 e. The molecule has 0 saturated heterocycles. The highest BCUT2D eigenvalue weighted by molar-refractivity contribution is 5.91. The fourth-order valence-corrected chi connectivity index (χ4v) is 3.72. The van der Waals surface area contributed by atoms with Crippen molar-refractivity contribution < 1.29 is 9.53 Å². The number of hydrogen-bond acceptors (Lipinski definition) is 5. The number of fused-ring (bicyclic) bond motifs is 1. The summed E-state index contributed by atoms with van der Waals surface area (Å²) in [5.41, 5.74) is 5.08. The Morgan fingerprint density at radius 2 is 2.03 bits per heavy atom. The number of nitrogens with zero attached hydrogens (tertiary/aromatic N) is 5. The third-order valence-electron chi connectivity index (χ3n) is 5.28. The molecule has 32 heavy (non-hydrogen) atoms. The third-order valence-corrected chi connectivity index (χ3v) is 5.28. The molecule has 0 radical (unpaired) electrons. The quantitative estimate of drug-likeness (QED) is 0.246. The summed E-state index contributed by atoms with van der Waals surface area (Å²) in [7, 11) is 0. The molecule has 0 atom stereocenters. The first-order chi connectivity index (χ1) is 15.5. The highest BCUT2D eigenvalue weighted by Crippen LogP contribution is 2.31. The molecule has 162 valence electrons. The zero-order valence-corrected chi connectivity index (χ0v) is 18.4. The Morgan fingerprint density at radius 3 is 2.78 bits per heavy atom. The molecule has 4 aromatic rings. The van der Waals surface area contributed by atoms with E-state index in [1.165, 1.54) is 0 Å². The van der Waals surface area contributed by atoms with Crippen molar-refractivity contribution in [1.29, 1.82) is 0 Å². The second-order valence-electron chi connectivity index (χ2n) is 7.40. The highest BCUT2D eigenvalue weighted by Gasteiger charge is 2.18. The number of hydrogen-bond donors (Lipinski definition) is 0. The van der Waals surface area contributed by atoms with Gasteiger partial charge >= 0.3 is 5.97 Å². The van der Waals surface area contributed by atoms with Crippen molar-refractivity contribution in [1.82, 2.24) is 24.1 Å². The van der Waals surface area contributed by atoms with Gasteiger partial charge in [0.15, 0.2) is 0 Å². The van der Waals surface area contributed by atoms with E-state index in [4.69, 9.17) is 9.72 Å². The van der Waals surface area contributed by atoms with Gasteiger partial charge in [-0.1, -0.05) is 24.8 Å². The molecule has 1 aromatic carbocycles. The largest absolute Gasteiger partial charge is 0.462 e. The molecule has 0 spiro atoms. The van der Waals surface area contributed by atoms with Crippen LogP contribution in [0.2, 0.25) is 0 Å². The summed E-state index contributed by atoms with van der Waals surface area (Å²) in [4.78, 5) is 25.4. The van der Waals surface area contributed by atoms with E-state index in [-0.39, 0.29) is 5.57 Å². The van der Waals surface area contributed by atoms with Gasteiger partial charge in [0.1, 0.15) is 11.5 Å². The number of ether oxygens (including phenoxy) is 1. The molecular weight excluding hydrogens is 402 g/mol. The van der Waals surface area contributed by atoms with Crippen LogP contribution in [0.15, 0.2) is 67.2 Å². The third kappa shape index (κ3) is 4.09. The number of esters is 1. The van der Waals surface area contributed by atoms with Crippen molar-refractivity contribution in [2.24, 2.45) is 0 Å². The standard InChI is InChI=1S/C25H25N5O2/c1-5-32-25(31)17(2)10-13-29-18(3)24(28-19(29)4)23-14-20-8-6-7-9-22(20)30(23)16-21-15-26-11-12-27-21/h6-15H,2,5,16H2,1,3-4H3/b13-10-. The molecule has 0 bridgehead atoms. The summed E-state index contributed by atoms with van der Waals surface area (Å²) in [5, 5.41) is 1.13. The minimum atomic E-state index is -0.427. The molecule has 0 unspecified atom stereocenters. The Morgan fingerprint density at radius 1 is 1.22 bits per heavy atom. The molecule has 0 N–H and O–H groups in total. The van der Waals surface area contributed by atoms with Crippen molar-refractivity contribution in [3.8, 4) is 11.4 Å². The molecule has 0 saturated carbocycles. The van der Waals surface area contributed by atoms with Gasteiger partial charge in [0.05, 0.1) is 36.3 Å². The van der Waals surface area contributed by atoms with Gasteiger partial charge < -0.3 is 13.9 Å². The van der Waals surface area contributed by atoms with Crippen LogP contribution in [0.25, 0.3) is 28.5 Å².